The first-order valence-electron chi connectivity index (χ1n) is 6.78. The zero-order valence-corrected chi connectivity index (χ0v) is 13.0. The fourth-order valence-corrected chi connectivity index (χ4v) is 1.78. The molecule has 0 saturated carbocycles. The molecule has 0 rings (SSSR count). The molecule has 0 fully saturated rings. The summed E-state index contributed by atoms with van der Waals surface area (Å²) in [4.78, 5) is 37.3. The van der Waals surface area contributed by atoms with Gasteiger partial charge in [-0.3, -0.25) is 4.79 Å². The van der Waals surface area contributed by atoms with Crippen LogP contribution in [0.15, 0.2) is 0 Å². The largest absolute Gasteiger partial charge is 0.480 e. The summed E-state index contributed by atoms with van der Waals surface area (Å²) < 4.78 is 9.71. The molecule has 21 heavy (non-hydrogen) atoms. The van der Waals surface area contributed by atoms with Gasteiger partial charge in [0.05, 0.1) is 13.2 Å². The standard InChI is InChI=1S/C13H24N2O6/c1-5-10(12(17)18)14(3)13(19)15(7-8-20-4)9-11(16)21-6-2/h10H,5-9H2,1-4H3,(H,17,18). The lowest BCUT2D eigenvalue weighted by atomic mass is 10.2. The maximum absolute atomic E-state index is 12.3. The van der Waals surface area contributed by atoms with Crippen LogP contribution < -0.4 is 0 Å². The molecule has 0 heterocycles. The van der Waals surface area contributed by atoms with Crippen LogP contribution in [-0.4, -0.2) is 79.4 Å². The Bertz CT molecular complexity index is 361. The number of carboxylic acids is 1. The Balaban J connectivity index is 4.91. The molecule has 1 atom stereocenters. The van der Waals surface area contributed by atoms with Crippen LogP contribution in [0.1, 0.15) is 20.3 Å². The molecule has 8 heteroatoms. The van der Waals surface area contributed by atoms with Crippen LogP contribution in [-0.2, 0) is 19.1 Å². The van der Waals surface area contributed by atoms with E-state index in [2.05, 4.69) is 0 Å². The number of hydrogen-bond acceptors (Lipinski definition) is 5. The number of ether oxygens (including phenoxy) is 2. The smallest absolute Gasteiger partial charge is 0.326 e. The van der Waals surface area contributed by atoms with Crippen LogP contribution in [0.2, 0.25) is 0 Å². The van der Waals surface area contributed by atoms with Gasteiger partial charge in [-0.25, -0.2) is 9.59 Å². The Kier molecular flexibility index (Phi) is 9.11. The third-order valence-electron chi connectivity index (χ3n) is 2.90. The number of nitrogens with zero attached hydrogens (tertiary/aromatic N) is 2. The molecule has 8 nitrogen and oxygen atoms in total. The van der Waals surface area contributed by atoms with Crippen LogP contribution >= 0.6 is 0 Å². The SMILES string of the molecule is CCOC(=O)CN(CCOC)C(=O)N(C)C(CC)C(=O)O. The fraction of sp³-hybridized carbons (Fsp3) is 0.769. The third-order valence-corrected chi connectivity index (χ3v) is 2.90. The first kappa shape index (κ1) is 19.2. The number of methoxy groups -OCH3 is 1. The number of amides is 2. The van der Waals surface area contributed by atoms with Crippen molar-refractivity contribution in [2.75, 3.05) is 40.5 Å². The summed E-state index contributed by atoms with van der Waals surface area (Å²) in [6.07, 6.45) is 0.273. The number of carbonyl (C=O) groups excluding carboxylic acids is 2. The van der Waals surface area contributed by atoms with Crippen LogP contribution in [0.25, 0.3) is 0 Å². The Labute approximate surface area is 124 Å². The number of aliphatic carboxylic acids is 1. The van der Waals surface area contributed by atoms with E-state index < -0.39 is 24.0 Å². The maximum atomic E-state index is 12.3. The molecule has 1 N–H and O–H groups in total. The lowest BCUT2D eigenvalue weighted by Gasteiger charge is -2.30. The highest BCUT2D eigenvalue weighted by Crippen LogP contribution is 2.07. The van der Waals surface area contributed by atoms with Gasteiger partial charge in [0.25, 0.3) is 0 Å². The zero-order chi connectivity index (χ0) is 16.4. The van der Waals surface area contributed by atoms with Crippen LogP contribution in [0.4, 0.5) is 4.79 Å². The molecule has 0 aromatic rings. The molecule has 0 aliphatic carbocycles. The van der Waals surface area contributed by atoms with Crippen molar-refractivity contribution < 1.29 is 29.0 Å². The summed E-state index contributed by atoms with van der Waals surface area (Å²) in [6.45, 7) is 3.73. The van der Waals surface area contributed by atoms with Crippen molar-refractivity contribution >= 4 is 18.0 Å². The van der Waals surface area contributed by atoms with Gasteiger partial charge >= 0.3 is 18.0 Å². The van der Waals surface area contributed by atoms with Crippen molar-refractivity contribution in [3.8, 4) is 0 Å². The lowest BCUT2D eigenvalue weighted by molar-refractivity contribution is -0.144. The van der Waals surface area contributed by atoms with Gasteiger partial charge in [0, 0.05) is 20.7 Å². The Hall–Kier alpha value is -1.83. The molecule has 2 amide bonds. The van der Waals surface area contributed by atoms with Gasteiger partial charge in [-0.05, 0) is 13.3 Å². The number of hydrogen-bond donors (Lipinski definition) is 1. The number of urea groups is 1. The molecule has 0 aromatic heterocycles. The molecular weight excluding hydrogens is 280 g/mol. The zero-order valence-electron chi connectivity index (χ0n) is 13.0. The normalized spacial score (nSPS) is 11.6. The van der Waals surface area contributed by atoms with E-state index >= 15 is 0 Å². The molecule has 0 aliphatic heterocycles. The van der Waals surface area contributed by atoms with Gasteiger partial charge in [-0.1, -0.05) is 6.92 Å². The minimum atomic E-state index is -1.09. The molecular formula is C13H24N2O6. The van der Waals surface area contributed by atoms with Crippen molar-refractivity contribution in [2.24, 2.45) is 0 Å². The summed E-state index contributed by atoms with van der Waals surface area (Å²) in [5, 5.41) is 9.09. The molecule has 0 bridgehead atoms. The van der Waals surface area contributed by atoms with Crippen molar-refractivity contribution in [3.63, 3.8) is 0 Å². The molecule has 0 radical (unpaired) electrons. The summed E-state index contributed by atoms with van der Waals surface area (Å²) in [5.41, 5.74) is 0. The molecule has 0 saturated heterocycles. The number of rotatable bonds is 9. The minimum absolute atomic E-state index is 0.175. The second-order valence-corrected chi connectivity index (χ2v) is 4.38. The molecule has 1 unspecified atom stereocenters. The molecule has 0 aliphatic rings. The number of likely N-dealkylation sites (N-methyl/N-ethyl adjacent to an activating group) is 1. The summed E-state index contributed by atoms with van der Waals surface area (Å²) in [7, 11) is 2.87. The van der Waals surface area contributed by atoms with E-state index in [0.29, 0.717) is 0 Å². The summed E-state index contributed by atoms with van der Waals surface area (Å²) in [6, 6.07) is -1.49. The Morgan fingerprint density at radius 2 is 1.86 bits per heavy atom. The number of esters is 1. The predicted molar refractivity (Wildman–Crippen MR) is 75.0 cm³/mol. The van der Waals surface area contributed by atoms with Gasteiger partial charge in [0.15, 0.2) is 0 Å². The van der Waals surface area contributed by atoms with E-state index in [1.165, 1.54) is 19.1 Å². The second-order valence-electron chi connectivity index (χ2n) is 4.38. The van der Waals surface area contributed by atoms with Crippen molar-refractivity contribution in [2.45, 2.75) is 26.3 Å². The number of carboxylic acid groups (broad SMARTS) is 1. The Morgan fingerprint density at radius 1 is 1.24 bits per heavy atom. The van der Waals surface area contributed by atoms with Crippen molar-refractivity contribution in [1.29, 1.82) is 0 Å². The van der Waals surface area contributed by atoms with Crippen LogP contribution in [0.3, 0.4) is 0 Å². The van der Waals surface area contributed by atoms with Crippen LogP contribution in [0, 0.1) is 0 Å². The molecule has 0 spiro atoms. The lowest BCUT2D eigenvalue weighted by Crippen LogP contribution is -2.51. The van der Waals surface area contributed by atoms with E-state index in [4.69, 9.17) is 14.6 Å². The summed E-state index contributed by atoms with van der Waals surface area (Å²) in [5.74, 6) is -1.63. The van der Waals surface area contributed by atoms with Gasteiger partial charge in [0.2, 0.25) is 0 Å². The van der Waals surface area contributed by atoms with E-state index in [0.717, 1.165) is 4.90 Å². The topological polar surface area (TPSA) is 96.4 Å². The maximum Gasteiger partial charge on any atom is 0.326 e. The predicted octanol–water partition coefficient (Wildman–Crippen LogP) is 0.413. The third kappa shape index (κ3) is 6.44. The van der Waals surface area contributed by atoms with Crippen molar-refractivity contribution in [3.05, 3.63) is 0 Å². The average Bonchev–Trinajstić information content (AvgIpc) is 2.43. The van der Waals surface area contributed by atoms with E-state index in [1.807, 2.05) is 0 Å². The van der Waals surface area contributed by atoms with Gasteiger partial charge in [0.1, 0.15) is 12.6 Å². The highest BCUT2D eigenvalue weighted by Gasteiger charge is 2.29. The summed E-state index contributed by atoms with van der Waals surface area (Å²) >= 11 is 0. The highest BCUT2D eigenvalue weighted by molar-refractivity contribution is 5.85. The highest BCUT2D eigenvalue weighted by atomic mass is 16.5. The van der Waals surface area contributed by atoms with Crippen LogP contribution in [0.5, 0.6) is 0 Å². The Morgan fingerprint density at radius 3 is 2.29 bits per heavy atom. The minimum Gasteiger partial charge on any atom is -0.480 e. The quantitative estimate of drug-likeness (QED) is 0.620. The second kappa shape index (κ2) is 9.98. The first-order chi connectivity index (χ1) is 9.88. The number of carbonyl (C=O) groups is 3. The van der Waals surface area contributed by atoms with E-state index in [-0.39, 0.29) is 32.7 Å². The molecule has 122 valence electrons. The van der Waals surface area contributed by atoms with E-state index in [9.17, 15) is 14.4 Å². The molecule has 0 aromatic carbocycles. The fourth-order valence-electron chi connectivity index (χ4n) is 1.78. The van der Waals surface area contributed by atoms with Gasteiger partial charge < -0.3 is 24.4 Å². The average molecular weight is 304 g/mol. The van der Waals surface area contributed by atoms with Crippen molar-refractivity contribution in [1.82, 2.24) is 9.80 Å². The van der Waals surface area contributed by atoms with Gasteiger partial charge in [-0.2, -0.15) is 0 Å². The van der Waals surface area contributed by atoms with E-state index in [1.54, 1.807) is 13.8 Å². The van der Waals surface area contributed by atoms with Gasteiger partial charge in [-0.15, -0.1) is 0 Å². The first-order valence-corrected chi connectivity index (χ1v) is 6.78. The monoisotopic (exact) mass is 304 g/mol.